The fourth-order valence-corrected chi connectivity index (χ4v) is 1.88. The molecule has 5 heteroatoms. The number of hydrogen-bond acceptors (Lipinski definition) is 2. The van der Waals surface area contributed by atoms with Crippen molar-refractivity contribution >= 4 is 38.4 Å². The Morgan fingerprint density at radius 3 is 2.86 bits per heavy atom. The largest absolute Gasteiger partial charge is 0.236 e. The minimum absolute atomic E-state index is 0.142. The maximum absolute atomic E-state index is 13.5. The van der Waals surface area contributed by atoms with Crippen molar-refractivity contribution in [3.05, 3.63) is 33.4 Å². The summed E-state index contributed by atoms with van der Waals surface area (Å²) >= 11 is 9.03. The molecule has 14 heavy (non-hydrogen) atoms. The number of halogens is 3. The number of benzene rings is 1. The van der Waals surface area contributed by atoms with Gasteiger partial charge in [-0.2, -0.15) is 0 Å². The third kappa shape index (κ3) is 1.38. The van der Waals surface area contributed by atoms with E-state index in [9.17, 15) is 4.39 Å². The molecule has 72 valence electrons. The highest BCUT2D eigenvalue weighted by Crippen LogP contribution is 2.29. The van der Waals surface area contributed by atoms with Crippen molar-refractivity contribution in [2.75, 3.05) is 0 Å². The zero-order chi connectivity index (χ0) is 10.3. The molecule has 0 radical (unpaired) electrons. The number of fused-ring (bicyclic) bond motifs is 1. The third-order valence-corrected chi connectivity index (χ3v) is 3.12. The molecule has 0 atom stereocenters. The van der Waals surface area contributed by atoms with Gasteiger partial charge >= 0.3 is 0 Å². The molecule has 0 amide bonds. The first kappa shape index (κ1) is 9.80. The van der Waals surface area contributed by atoms with Gasteiger partial charge in [-0.05, 0) is 18.6 Å². The Kier molecular flexibility index (Phi) is 2.41. The lowest BCUT2D eigenvalue weighted by Crippen LogP contribution is -1.91. The predicted molar refractivity (Wildman–Crippen MR) is 56.9 cm³/mol. The second kappa shape index (κ2) is 3.44. The zero-order valence-electron chi connectivity index (χ0n) is 7.18. The Morgan fingerprint density at radius 2 is 2.14 bits per heavy atom. The number of nitrogens with zero attached hydrogens (tertiary/aromatic N) is 2. The first-order chi connectivity index (χ1) is 6.61. The van der Waals surface area contributed by atoms with Gasteiger partial charge in [0.2, 0.25) is 0 Å². The number of rotatable bonds is 0. The average Bonchev–Trinajstić information content (AvgIpc) is 2.14. The quantitative estimate of drug-likeness (QED) is 0.688. The molecule has 0 fully saturated rings. The van der Waals surface area contributed by atoms with Crippen molar-refractivity contribution in [1.82, 2.24) is 9.97 Å². The Morgan fingerprint density at radius 1 is 1.43 bits per heavy atom. The summed E-state index contributed by atoms with van der Waals surface area (Å²) in [6.45, 7) is 1.84. The number of hydrogen-bond donors (Lipinski definition) is 0. The van der Waals surface area contributed by atoms with Crippen LogP contribution in [-0.2, 0) is 0 Å². The lowest BCUT2D eigenvalue weighted by Gasteiger charge is -2.05. The lowest BCUT2D eigenvalue weighted by atomic mass is 10.1. The molecule has 1 heterocycles. The summed E-state index contributed by atoms with van der Waals surface area (Å²) in [6, 6.07) is 1.37. The van der Waals surface area contributed by atoms with Gasteiger partial charge in [-0.25, -0.2) is 14.4 Å². The lowest BCUT2D eigenvalue weighted by molar-refractivity contribution is 0.638. The fourth-order valence-electron chi connectivity index (χ4n) is 1.26. The van der Waals surface area contributed by atoms with Gasteiger partial charge in [0.25, 0.3) is 0 Å². The van der Waals surface area contributed by atoms with Crippen LogP contribution in [0, 0.1) is 12.7 Å². The summed E-state index contributed by atoms with van der Waals surface area (Å²) in [7, 11) is 0. The minimum atomic E-state index is -0.414. The number of aryl methyl sites for hydroxylation is 1. The van der Waals surface area contributed by atoms with E-state index in [0.717, 1.165) is 5.56 Å². The van der Waals surface area contributed by atoms with Gasteiger partial charge in [-0.1, -0.05) is 27.5 Å². The van der Waals surface area contributed by atoms with Crippen LogP contribution in [0.5, 0.6) is 0 Å². The van der Waals surface area contributed by atoms with Crippen molar-refractivity contribution in [2.24, 2.45) is 0 Å². The first-order valence-corrected chi connectivity index (χ1v) is 5.03. The highest BCUT2D eigenvalue weighted by atomic mass is 79.9. The van der Waals surface area contributed by atoms with Crippen LogP contribution in [0.15, 0.2) is 16.9 Å². The summed E-state index contributed by atoms with van der Waals surface area (Å²) < 4.78 is 14.2. The Balaban J connectivity index is 3.02. The van der Waals surface area contributed by atoms with E-state index >= 15 is 0 Å². The molecule has 0 bridgehead atoms. The van der Waals surface area contributed by atoms with Crippen molar-refractivity contribution in [3.63, 3.8) is 0 Å². The predicted octanol–water partition coefficient (Wildman–Crippen LogP) is 3.49. The topological polar surface area (TPSA) is 25.8 Å². The molecule has 0 spiro atoms. The summed E-state index contributed by atoms with van der Waals surface area (Å²) in [5, 5.41) is 0.415. The highest BCUT2D eigenvalue weighted by molar-refractivity contribution is 9.10. The van der Waals surface area contributed by atoms with Gasteiger partial charge in [0.15, 0.2) is 0 Å². The van der Waals surface area contributed by atoms with Crippen LogP contribution in [-0.4, -0.2) is 9.97 Å². The molecule has 0 aliphatic rings. The SMILES string of the molecule is Cc1c(Br)cc(F)c2c(Cl)ncnc12. The van der Waals surface area contributed by atoms with Gasteiger partial charge in [-0.3, -0.25) is 0 Å². The molecule has 0 saturated heterocycles. The molecule has 2 aromatic rings. The number of aromatic nitrogens is 2. The zero-order valence-corrected chi connectivity index (χ0v) is 9.52. The van der Waals surface area contributed by atoms with E-state index in [0.29, 0.717) is 9.99 Å². The van der Waals surface area contributed by atoms with Gasteiger partial charge in [-0.15, -0.1) is 0 Å². The van der Waals surface area contributed by atoms with E-state index in [2.05, 4.69) is 25.9 Å². The normalized spacial score (nSPS) is 10.9. The van der Waals surface area contributed by atoms with Crippen molar-refractivity contribution in [1.29, 1.82) is 0 Å². The van der Waals surface area contributed by atoms with Gasteiger partial charge in [0, 0.05) is 4.47 Å². The van der Waals surface area contributed by atoms with Crippen LogP contribution in [0.2, 0.25) is 5.15 Å². The molecule has 1 aromatic heterocycles. The molecule has 0 aliphatic heterocycles. The van der Waals surface area contributed by atoms with Crippen LogP contribution in [0.1, 0.15) is 5.56 Å². The molecule has 0 saturated carbocycles. The maximum atomic E-state index is 13.5. The van der Waals surface area contributed by atoms with Gasteiger partial charge in [0.1, 0.15) is 17.3 Å². The van der Waals surface area contributed by atoms with E-state index < -0.39 is 5.82 Å². The third-order valence-electron chi connectivity index (χ3n) is 2.01. The average molecular weight is 276 g/mol. The summed E-state index contributed by atoms with van der Waals surface area (Å²) in [5.41, 5.74) is 1.39. The minimum Gasteiger partial charge on any atom is -0.236 e. The van der Waals surface area contributed by atoms with E-state index in [1.165, 1.54) is 12.4 Å². The molecule has 0 unspecified atom stereocenters. The van der Waals surface area contributed by atoms with Crippen LogP contribution >= 0.6 is 27.5 Å². The van der Waals surface area contributed by atoms with E-state index in [1.807, 2.05) is 6.92 Å². The van der Waals surface area contributed by atoms with Crippen LogP contribution in [0.3, 0.4) is 0 Å². The molecule has 2 rings (SSSR count). The second-order valence-electron chi connectivity index (χ2n) is 2.85. The van der Waals surface area contributed by atoms with E-state index in [-0.39, 0.29) is 10.5 Å². The molecule has 0 N–H and O–H groups in total. The molecular formula is C9H5BrClFN2. The monoisotopic (exact) mass is 274 g/mol. The van der Waals surface area contributed by atoms with Crippen LogP contribution < -0.4 is 0 Å². The molecular weight excluding hydrogens is 270 g/mol. The first-order valence-electron chi connectivity index (χ1n) is 3.86. The van der Waals surface area contributed by atoms with Crippen molar-refractivity contribution in [2.45, 2.75) is 6.92 Å². The summed E-state index contributed by atoms with van der Waals surface area (Å²) in [6.07, 6.45) is 1.32. The standard InChI is InChI=1S/C9H5BrClFN2/c1-4-5(10)2-6(12)7-8(4)13-3-14-9(7)11/h2-3H,1H3. The summed E-state index contributed by atoms with van der Waals surface area (Å²) in [4.78, 5) is 7.74. The highest BCUT2D eigenvalue weighted by Gasteiger charge is 2.12. The maximum Gasteiger partial charge on any atom is 0.143 e. The second-order valence-corrected chi connectivity index (χ2v) is 4.07. The Bertz CT molecular complexity index is 516. The summed E-state index contributed by atoms with van der Waals surface area (Å²) in [5.74, 6) is -0.414. The molecule has 2 nitrogen and oxygen atoms in total. The van der Waals surface area contributed by atoms with Gasteiger partial charge in [0.05, 0.1) is 10.9 Å². The molecule has 1 aromatic carbocycles. The van der Waals surface area contributed by atoms with E-state index in [1.54, 1.807) is 0 Å². The van der Waals surface area contributed by atoms with Gasteiger partial charge < -0.3 is 0 Å². The Labute approximate surface area is 93.3 Å². The Hall–Kier alpha value is -0.740. The van der Waals surface area contributed by atoms with Crippen LogP contribution in [0.4, 0.5) is 4.39 Å². The van der Waals surface area contributed by atoms with Crippen molar-refractivity contribution in [3.8, 4) is 0 Å². The van der Waals surface area contributed by atoms with E-state index in [4.69, 9.17) is 11.6 Å². The fraction of sp³-hybridized carbons (Fsp3) is 0.111. The molecule has 0 aliphatic carbocycles. The van der Waals surface area contributed by atoms with Crippen molar-refractivity contribution < 1.29 is 4.39 Å². The smallest absolute Gasteiger partial charge is 0.143 e. The van der Waals surface area contributed by atoms with Crippen LogP contribution in [0.25, 0.3) is 10.9 Å².